The van der Waals surface area contributed by atoms with Crippen LogP contribution in [0.1, 0.15) is 33.0 Å². The molecule has 100 valence electrons. The van der Waals surface area contributed by atoms with Crippen LogP contribution < -0.4 is 0 Å². The van der Waals surface area contributed by atoms with Crippen LogP contribution in [0, 0.1) is 11.3 Å². The maximum Gasteiger partial charge on any atom is 0.172 e. The highest BCUT2D eigenvalue weighted by atomic mass is 16.1. The highest BCUT2D eigenvalue weighted by molar-refractivity contribution is 6.13. The number of hydrogen-bond donors (Lipinski definition) is 1. The first kappa shape index (κ1) is 11.9. The quantitative estimate of drug-likeness (QED) is 0.725. The molecule has 0 radical (unpaired) electrons. The molecule has 4 rings (SSSR count). The number of ketones is 1. The Morgan fingerprint density at radius 3 is 2.86 bits per heavy atom. The molecule has 1 aliphatic carbocycles. The van der Waals surface area contributed by atoms with E-state index in [0.29, 0.717) is 11.1 Å². The summed E-state index contributed by atoms with van der Waals surface area (Å²) in [4.78, 5) is 15.9. The Morgan fingerprint density at radius 2 is 2.05 bits per heavy atom. The van der Waals surface area contributed by atoms with E-state index in [4.69, 9.17) is 0 Å². The van der Waals surface area contributed by atoms with Crippen molar-refractivity contribution in [3.05, 3.63) is 70.9 Å². The average molecular weight is 272 g/mol. The van der Waals surface area contributed by atoms with Gasteiger partial charge in [0, 0.05) is 22.7 Å². The van der Waals surface area contributed by atoms with Crippen LogP contribution in [-0.2, 0) is 6.42 Å². The number of nitriles is 1. The lowest BCUT2D eigenvalue weighted by Crippen LogP contribution is -2.25. The molecule has 0 bridgehead atoms. The maximum atomic E-state index is 12.8. The summed E-state index contributed by atoms with van der Waals surface area (Å²) >= 11 is 0. The SMILES string of the molecule is N#Cc1cccc2[nH]cc(C(=O)C3Cc4ccccc43)c12. The van der Waals surface area contributed by atoms with Crippen molar-refractivity contribution >= 4 is 16.7 Å². The van der Waals surface area contributed by atoms with Gasteiger partial charge in [-0.1, -0.05) is 30.3 Å². The Kier molecular flexibility index (Phi) is 2.45. The molecule has 2 aromatic carbocycles. The average Bonchev–Trinajstić information content (AvgIpc) is 2.92. The third-order valence-corrected chi connectivity index (χ3v) is 4.26. The van der Waals surface area contributed by atoms with Crippen LogP contribution in [0.4, 0.5) is 0 Å². The van der Waals surface area contributed by atoms with Gasteiger partial charge in [-0.25, -0.2) is 0 Å². The van der Waals surface area contributed by atoms with Gasteiger partial charge in [-0.3, -0.25) is 4.79 Å². The van der Waals surface area contributed by atoms with Crippen LogP contribution in [0.25, 0.3) is 10.9 Å². The number of fused-ring (bicyclic) bond motifs is 2. The maximum absolute atomic E-state index is 12.8. The lowest BCUT2D eigenvalue weighted by atomic mass is 9.73. The molecule has 21 heavy (non-hydrogen) atoms. The van der Waals surface area contributed by atoms with Crippen LogP contribution in [0.15, 0.2) is 48.7 Å². The van der Waals surface area contributed by atoms with Crippen molar-refractivity contribution in [3.8, 4) is 6.07 Å². The topological polar surface area (TPSA) is 56.6 Å². The predicted octanol–water partition coefficient (Wildman–Crippen LogP) is 3.56. The van der Waals surface area contributed by atoms with Gasteiger partial charge in [0.1, 0.15) is 0 Å². The number of Topliss-reactive ketones (excluding diaryl/α,β-unsaturated/α-hetero) is 1. The summed E-state index contributed by atoms with van der Waals surface area (Å²) in [5, 5.41) is 10.00. The first-order chi connectivity index (χ1) is 10.3. The third-order valence-electron chi connectivity index (χ3n) is 4.26. The molecule has 0 fully saturated rings. The number of H-pyrrole nitrogens is 1. The van der Waals surface area contributed by atoms with Crippen molar-refractivity contribution in [2.45, 2.75) is 12.3 Å². The Hall–Kier alpha value is -2.86. The molecule has 0 saturated heterocycles. The summed E-state index contributed by atoms with van der Waals surface area (Å²) in [6.07, 6.45) is 2.52. The number of aromatic nitrogens is 1. The predicted molar refractivity (Wildman–Crippen MR) is 80.2 cm³/mol. The van der Waals surface area contributed by atoms with Crippen molar-refractivity contribution in [2.24, 2.45) is 0 Å². The van der Waals surface area contributed by atoms with Crippen molar-refractivity contribution in [2.75, 3.05) is 0 Å². The van der Waals surface area contributed by atoms with E-state index in [2.05, 4.69) is 17.1 Å². The minimum atomic E-state index is -0.0769. The van der Waals surface area contributed by atoms with Gasteiger partial charge in [0.15, 0.2) is 5.78 Å². The van der Waals surface area contributed by atoms with Gasteiger partial charge in [-0.05, 0) is 29.7 Å². The number of benzene rings is 2. The fraction of sp³-hybridized carbons (Fsp3) is 0.111. The van der Waals surface area contributed by atoms with Gasteiger partial charge in [0.05, 0.1) is 17.6 Å². The second-order valence-electron chi connectivity index (χ2n) is 5.36. The standard InChI is InChI=1S/C18H12N2O/c19-9-12-5-3-7-16-17(12)15(10-20-16)18(21)14-8-11-4-1-2-6-13(11)14/h1-7,10,14,20H,8H2. The van der Waals surface area contributed by atoms with Crippen LogP contribution in [-0.4, -0.2) is 10.8 Å². The summed E-state index contributed by atoms with van der Waals surface area (Å²) in [6.45, 7) is 0. The monoisotopic (exact) mass is 272 g/mol. The van der Waals surface area contributed by atoms with Crippen LogP contribution in [0.5, 0.6) is 0 Å². The minimum Gasteiger partial charge on any atom is -0.360 e. The number of rotatable bonds is 2. The molecule has 1 heterocycles. The normalized spacial score (nSPS) is 16.0. The van der Waals surface area contributed by atoms with E-state index in [0.717, 1.165) is 22.9 Å². The first-order valence-electron chi connectivity index (χ1n) is 6.92. The van der Waals surface area contributed by atoms with Gasteiger partial charge in [-0.15, -0.1) is 0 Å². The Bertz CT molecular complexity index is 914. The van der Waals surface area contributed by atoms with Crippen LogP contribution in [0.2, 0.25) is 0 Å². The van der Waals surface area contributed by atoms with Gasteiger partial charge in [0.2, 0.25) is 0 Å². The Labute approximate surface area is 121 Å². The van der Waals surface area contributed by atoms with Gasteiger partial charge in [-0.2, -0.15) is 5.26 Å². The Balaban J connectivity index is 1.82. The van der Waals surface area contributed by atoms with Crippen molar-refractivity contribution in [1.29, 1.82) is 5.26 Å². The molecule has 0 aliphatic heterocycles. The van der Waals surface area contributed by atoms with E-state index in [-0.39, 0.29) is 11.7 Å². The van der Waals surface area contributed by atoms with E-state index < -0.39 is 0 Å². The van der Waals surface area contributed by atoms with Crippen molar-refractivity contribution in [3.63, 3.8) is 0 Å². The van der Waals surface area contributed by atoms with E-state index in [9.17, 15) is 10.1 Å². The van der Waals surface area contributed by atoms with E-state index in [1.165, 1.54) is 5.56 Å². The van der Waals surface area contributed by atoms with Crippen LogP contribution in [0.3, 0.4) is 0 Å². The number of nitrogens with zero attached hydrogens (tertiary/aromatic N) is 1. The molecular weight excluding hydrogens is 260 g/mol. The zero-order chi connectivity index (χ0) is 14.4. The first-order valence-corrected chi connectivity index (χ1v) is 6.92. The number of nitrogens with one attached hydrogen (secondary N) is 1. The number of carbonyl (C=O) groups is 1. The fourth-order valence-electron chi connectivity index (χ4n) is 3.15. The molecule has 1 unspecified atom stereocenters. The zero-order valence-electron chi connectivity index (χ0n) is 11.3. The molecule has 1 aliphatic rings. The second kappa shape index (κ2) is 4.32. The molecule has 3 heteroatoms. The molecule has 1 aromatic heterocycles. The number of aromatic amines is 1. The molecule has 0 saturated carbocycles. The number of hydrogen-bond acceptors (Lipinski definition) is 2. The fourth-order valence-corrected chi connectivity index (χ4v) is 3.15. The summed E-state index contributed by atoms with van der Waals surface area (Å²) in [5.41, 5.74) is 4.37. The highest BCUT2D eigenvalue weighted by Gasteiger charge is 2.33. The van der Waals surface area contributed by atoms with Crippen LogP contribution >= 0.6 is 0 Å². The smallest absolute Gasteiger partial charge is 0.172 e. The molecule has 1 N–H and O–H groups in total. The van der Waals surface area contributed by atoms with Gasteiger partial charge >= 0.3 is 0 Å². The molecule has 0 spiro atoms. The summed E-state index contributed by atoms with van der Waals surface area (Å²) < 4.78 is 0. The molecule has 3 aromatic rings. The third kappa shape index (κ3) is 1.63. The Morgan fingerprint density at radius 1 is 1.19 bits per heavy atom. The van der Waals surface area contributed by atoms with Crippen molar-refractivity contribution < 1.29 is 4.79 Å². The van der Waals surface area contributed by atoms with E-state index in [1.54, 1.807) is 12.3 Å². The van der Waals surface area contributed by atoms with Crippen molar-refractivity contribution in [1.82, 2.24) is 4.98 Å². The second-order valence-corrected chi connectivity index (χ2v) is 5.36. The number of carbonyl (C=O) groups excluding carboxylic acids is 1. The zero-order valence-corrected chi connectivity index (χ0v) is 11.3. The van der Waals surface area contributed by atoms with E-state index in [1.807, 2.05) is 30.3 Å². The molecule has 0 amide bonds. The summed E-state index contributed by atoms with van der Waals surface area (Å²) in [7, 11) is 0. The largest absolute Gasteiger partial charge is 0.360 e. The summed E-state index contributed by atoms with van der Waals surface area (Å²) in [5.74, 6) is 0.0228. The van der Waals surface area contributed by atoms with Gasteiger partial charge < -0.3 is 4.98 Å². The highest BCUT2D eigenvalue weighted by Crippen LogP contribution is 2.38. The molecule has 3 nitrogen and oxygen atoms in total. The molecule has 1 atom stereocenters. The lowest BCUT2D eigenvalue weighted by molar-refractivity contribution is 0.0950. The van der Waals surface area contributed by atoms with E-state index >= 15 is 0 Å². The van der Waals surface area contributed by atoms with Gasteiger partial charge in [0.25, 0.3) is 0 Å². The molecular formula is C18H12N2O. The summed E-state index contributed by atoms with van der Waals surface area (Å²) in [6, 6.07) is 15.7. The lowest BCUT2D eigenvalue weighted by Gasteiger charge is -2.28. The minimum absolute atomic E-state index is 0.0769.